The molecule has 0 saturated heterocycles. The fraction of sp³-hybridized carbons (Fsp3) is 0.375. The number of carbonyl (C=O) groups is 2. The minimum atomic E-state index is -4.11. The number of thioether (sulfide) groups is 1. The first-order valence-corrected chi connectivity index (χ1v) is 16.3. The van der Waals surface area contributed by atoms with Crippen LogP contribution >= 0.6 is 11.8 Å². The van der Waals surface area contributed by atoms with Gasteiger partial charge >= 0.3 is 0 Å². The van der Waals surface area contributed by atoms with E-state index in [1.54, 1.807) is 36.4 Å². The van der Waals surface area contributed by atoms with Crippen LogP contribution < -0.4 is 9.62 Å². The number of hydrogen-bond acceptors (Lipinski definition) is 5. The minimum absolute atomic E-state index is 0.0893. The van der Waals surface area contributed by atoms with E-state index >= 15 is 0 Å². The van der Waals surface area contributed by atoms with Gasteiger partial charge < -0.3 is 10.2 Å². The first-order valence-electron chi connectivity index (χ1n) is 13.7. The fourth-order valence-electron chi connectivity index (χ4n) is 4.49. The Morgan fingerprint density at radius 1 is 0.927 bits per heavy atom. The van der Waals surface area contributed by atoms with Gasteiger partial charge in [-0.2, -0.15) is 0 Å². The van der Waals surface area contributed by atoms with Gasteiger partial charge in [0.25, 0.3) is 10.0 Å². The number of anilines is 1. The molecule has 0 radical (unpaired) electrons. The molecule has 220 valence electrons. The molecule has 1 N–H and O–H groups in total. The first kappa shape index (κ1) is 32.2. The highest BCUT2D eigenvalue weighted by atomic mass is 32.2. The maximum Gasteiger partial charge on any atom is 0.264 e. The Morgan fingerprint density at radius 2 is 1.56 bits per heavy atom. The fourth-order valence-corrected chi connectivity index (χ4v) is 6.32. The number of carbonyl (C=O) groups excluding carboxylic acids is 2. The quantitative estimate of drug-likeness (QED) is 0.277. The molecule has 0 aliphatic carbocycles. The standard InChI is InChI=1S/C32H41N3O4S2/c1-8-29(31(37)33-32(4,5)6)34(21-25-11-9-10-24(3)20-25)30(36)22-35(26-14-12-23(2)13-15-26)41(38,39)28-18-16-27(40-7)17-19-28/h9-20,29H,8,21-22H2,1-7H3,(H,33,37)/t29-/m0/s1. The van der Waals surface area contributed by atoms with Gasteiger partial charge in [0.2, 0.25) is 11.8 Å². The van der Waals surface area contributed by atoms with Gasteiger partial charge in [-0.1, -0.05) is 54.4 Å². The average molecular weight is 596 g/mol. The molecule has 0 heterocycles. The topological polar surface area (TPSA) is 86.8 Å². The van der Waals surface area contributed by atoms with Gasteiger partial charge in [-0.05, 0) is 89.3 Å². The number of amides is 2. The Morgan fingerprint density at radius 3 is 2.10 bits per heavy atom. The van der Waals surface area contributed by atoms with Crippen LogP contribution in [0, 0.1) is 13.8 Å². The van der Waals surface area contributed by atoms with Crippen molar-refractivity contribution in [3.8, 4) is 0 Å². The normalized spacial score (nSPS) is 12.5. The number of benzene rings is 3. The largest absolute Gasteiger partial charge is 0.350 e. The van der Waals surface area contributed by atoms with E-state index in [1.165, 1.54) is 16.7 Å². The lowest BCUT2D eigenvalue weighted by Crippen LogP contribution is -2.55. The predicted molar refractivity (Wildman–Crippen MR) is 168 cm³/mol. The van der Waals surface area contributed by atoms with Crippen LogP contribution in [0.3, 0.4) is 0 Å². The van der Waals surface area contributed by atoms with Crippen molar-refractivity contribution in [2.75, 3.05) is 17.1 Å². The average Bonchev–Trinajstić information content (AvgIpc) is 2.91. The molecule has 3 rings (SSSR count). The second kappa shape index (κ2) is 13.6. The van der Waals surface area contributed by atoms with Crippen molar-refractivity contribution in [1.82, 2.24) is 10.2 Å². The predicted octanol–water partition coefficient (Wildman–Crippen LogP) is 5.94. The van der Waals surface area contributed by atoms with Crippen LogP contribution in [0.4, 0.5) is 5.69 Å². The molecule has 41 heavy (non-hydrogen) atoms. The van der Waals surface area contributed by atoms with Crippen molar-refractivity contribution in [1.29, 1.82) is 0 Å². The maximum atomic E-state index is 14.2. The second-order valence-electron chi connectivity index (χ2n) is 11.2. The van der Waals surface area contributed by atoms with E-state index in [0.717, 1.165) is 25.9 Å². The SMILES string of the molecule is CC[C@@H](C(=O)NC(C)(C)C)N(Cc1cccc(C)c1)C(=O)CN(c1ccc(C)cc1)S(=O)(=O)c1ccc(SC)cc1. The van der Waals surface area contributed by atoms with Crippen LogP contribution in [-0.2, 0) is 26.2 Å². The Bertz CT molecular complexity index is 1450. The molecular formula is C32H41N3O4S2. The summed E-state index contributed by atoms with van der Waals surface area (Å²) in [6, 6.07) is 20.6. The zero-order valence-electron chi connectivity index (χ0n) is 25.0. The summed E-state index contributed by atoms with van der Waals surface area (Å²) in [5.74, 6) is -0.745. The van der Waals surface area contributed by atoms with Gasteiger partial charge in [-0.25, -0.2) is 8.42 Å². The van der Waals surface area contributed by atoms with Crippen molar-refractivity contribution in [3.05, 3.63) is 89.5 Å². The van der Waals surface area contributed by atoms with Gasteiger partial charge in [0.05, 0.1) is 10.6 Å². The molecule has 3 aromatic rings. The smallest absolute Gasteiger partial charge is 0.264 e. The lowest BCUT2D eigenvalue weighted by atomic mass is 10.0. The van der Waals surface area contributed by atoms with E-state index in [-0.39, 0.29) is 17.3 Å². The van der Waals surface area contributed by atoms with E-state index in [4.69, 9.17) is 0 Å². The highest BCUT2D eigenvalue weighted by Crippen LogP contribution is 2.27. The third-order valence-electron chi connectivity index (χ3n) is 6.57. The third-order valence-corrected chi connectivity index (χ3v) is 9.10. The van der Waals surface area contributed by atoms with E-state index in [0.29, 0.717) is 12.1 Å². The Kier molecular flexibility index (Phi) is 10.7. The summed E-state index contributed by atoms with van der Waals surface area (Å²) < 4.78 is 29.2. The molecule has 7 nitrogen and oxygen atoms in total. The third kappa shape index (κ3) is 8.60. The first-order chi connectivity index (χ1) is 19.2. The monoisotopic (exact) mass is 595 g/mol. The Labute approximate surface area is 249 Å². The lowest BCUT2D eigenvalue weighted by molar-refractivity contribution is -0.141. The maximum absolute atomic E-state index is 14.2. The molecule has 0 saturated carbocycles. The van der Waals surface area contributed by atoms with E-state index in [9.17, 15) is 18.0 Å². The van der Waals surface area contributed by atoms with E-state index in [1.807, 2.05) is 84.2 Å². The van der Waals surface area contributed by atoms with E-state index < -0.39 is 34.1 Å². The number of sulfonamides is 1. The molecule has 0 unspecified atom stereocenters. The summed E-state index contributed by atoms with van der Waals surface area (Å²) >= 11 is 1.52. The summed E-state index contributed by atoms with van der Waals surface area (Å²) in [4.78, 5) is 30.1. The summed E-state index contributed by atoms with van der Waals surface area (Å²) in [6.07, 6.45) is 2.29. The molecule has 0 aromatic heterocycles. The van der Waals surface area contributed by atoms with Gasteiger partial charge in [0, 0.05) is 17.0 Å². The Balaban J connectivity index is 2.07. The molecule has 2 amide bonds. The zero-order valence-corrected chi connectivity index (χ0v) is 26.6. The summed E-state index contributed by atoms with van der Waals surface area (Å²) in [5, 5.41) is 2.99. The summed E-state index contributed by atoms with van der Waals surface area (Å²) in [5.41, 5.74) is 2.73. The van der Waals surface area contributed by atoms with Crippen LogP contribution in [0.15, 0.2) is 82.6 Å². The number of aryl methyl sites for hydroxylation is 2. The van der Waals surface area contributed by atoms with Crippen LogP contribution in [-0.4, -0.2) is 49.5 Å². The van der Waals surface area contributed by atoms with Crippen molar-refractivity contribution in [2.24, 2.45) is 0 Å². The van der Waals surface area contributed by atoms with Crippen LogP contribution in [0.1, 0.15) is 50.8 Å². The second-order valence-corrected chi connectivity index (χ2v) is 13.9. The number of nitrogens with one attached hydrogen (secondary N) is 1. The van der Waals surface area contributed by atoms with E-state index in [2.05, 4.69) is 5.32 Å². The van der Waals surface area contributed by atoms with Crippen LogP contribution in [0.25, 0.3) is 0 Å². The van der Waals surface area contributed by atoms with Crippen molar-refractivity contribution >= 4 is 39.3 Å². The van der Waals surface area contributed by atoms with Gasteiger partial charge in [0.15, 0.2) is 0 Å². The number of nitrogens with zero attached hydrogens (tertiary/aromatic N) is 2. The molecular weight excluding hydrogens is 555 g/mol. The Hall–Kier alpha value is -3.30. The molecule has 9 heteroatoms. The van der Waals surface area contributed by atoms with Crippen molar-refractivity contribution in [2.45, 2.75) is 75.9 Å². The highest BCUT2D eigenvalue weighted by molar-refractivity contribution is 7.98. The molecule has 0 aliphatic rings. The molecule has 0 aliphatic heterocycles. The molecule has 3 aromatic carbocycles. The van der Waals surface area contributed by atoms with Crippen molar-refractivity contribution in [3.63, 3.8) is 0 Å². The van der Waals surface area contributed by atoms with Gasteiger partial charge in [0.1, 0.15) is 12.6 Å². The number of hydrogen-bond donors (Lipinski definition) is 1. The summed E-state index contributed by atoms with van der Waals surface area (Å²) in [6.45, 7) is 11.1. The van der Waals surface area contributed by atoms with Crippen molar-refractivity contribution < 1.29 is 18.0 Å². The minimum Gasteiger partial charge on any atom is -0.350 e. The van der Waals surface area contributed by atoms with Crippen LogP contribution in [0.2, 0.25) is 0 Å². The molecule has 0 spiro atoms. The lowest BCUT2D eigenvalue weighted by Gasteiger charge is -2.35. The molecule has 1 atom stereocenters. The van der Waals surface area contributed by atoms with Crippen LogP contribution in [0.5, 0.6) is 0 Å². The number of rotatable bonds is 11. The zero-order chi connectivity index (χ0) is 30.4. The highest BCUT2D eigenvalue weighted by Gasteiger charge is 2.34. The summed E-state index contributed by atoms with van der Waals surface area (Å²) in [7, 11) is -4.11. The van der Waals surface area contributed by atoms with Gasteiger partial charge in [-0.3, -0.25) is 13.9 Å². The molecule has 0 bridgehead atoms. The van der Waals surface area contributed by atoms with Gasteiger partial charge in [-0.15, -0.1) is 11.8 Å². The molecule has 0 fully saturated rings.